The molecule has 1 aromatic rings. The number of aryl methyl sites for hydroxylation is 1. The molecule has 0 bridgehead atoms. The minimum atomic E-state index is 0.0289. The van der Waals surface area contributed by atoms with Crippen molar-refractivity contribution in [3.05, 3.63) is 28.8 Å². The standard InChI is InChI=1S/C13H14ClNO2S/c1-8-3-4-11(14)12(5-8)15-7-10(6-13(15)17)18-9(2)16/h3-5,10H,6-7H2,1-2H3. The van der Waals surface area contributed by atoms with E-state index >= 15 is 0 Å². The number of halogens is 1. The van der Waals surface area contributed by atoms with Gasteiger partial charge in [0.05, 0.1) is 10.7 Å². The molecule has 1 aliphatic heterocycles. The molecule has 0 aliphatic carbocycles. The van der Waals surface area contributed by atoms with Gasteiger partial charge in [-0.3, -0.25) is 9.59 Å². The molecule has 1 unspecified atom stereocenters. The van der Waals surface area contributed by atoms with Crippen LogP contribution in [-0.2, 0) is 9.59 Å². The maximum absolute atomic E-state index is 12.0. The van der Waals surface area contributed by atoms with E-state index in [0.717, 1.165) is 11.3 Å². The summed E-state index contributed by atoms with van der Waals surface area (Å²) in [7, 11) is 0. The average molecular weight is 284 g/mol. The van der Waals surface area contributed by atoms with Gasteiger partial charge in [0.2, 0.25) is 5.91 Å². The van der Waals surface area contributed by atoms with Crippen LogP contribution in [0.2, 0.25) is 5.02 Å². The molecule has 1 atom stereocenters. The van der Waals surface area contributed by atoms with Crippen LogP contribution in [0.15, 0.2) is 18.2 Å². The van der Waals surface area contributed by atoms with Crippen molar-refractivity contribution in [1.82, 2.24) is 0 Å². The number of amides is 1. The molecule has 0 aromatic heterocycles. The van der Waals surface area contributed by atoms with Crippen LogP contribution in [0.1, 0.15) is 18.9 Å². The summed E-state index contributed by atoms with van der Waals surface area (Å²) in [5.41, 5.74) is 1.80. The topological polar surface area (TPSA) is 37.4 Å². The van der Waals surface area contributed by atoms with Gasteiger partial charge in [-0.05, 0) is 24.6 Å². The predicted molar refractivity (Wildman–Crippen MR) is 75.2 cm³/mol. The van der Waals surface area contributed by atoms with Crippen LogP contribution >= 0.6 is 23.4 Å². The lowest BCUT2D eigenvalue weighted by molar-refractivity contribution is -0.117. The number of anilines is 1. The van der Waals surface area contributed by atoms with Crippen LogP contribution in [0, 0.1) is 6.92 Å². The molecule has 1 heterocycles. The first kappa shape index (κ1) is 13.4. The maximum atomic E-state index is 12.0. The molecule has 0 N–H and O–H groups in total. The van der Waals surface area contributed by atoms with Crippen molar-refractivity contribution in [3.8, 4) is 0 Å². The predicted octanol–water partition coefficient (Wildman–Crippen LogP) is 3.03. The van der Waals surface area contributed by atoms with Crippen molar-refractivity contribution >= 4 is 40.1 Å². The lowest BCUT2D eigenvalue weighted by Crippen LogP contribution is -2.25. The molecule has 0 saturated carbocycles. The van der Waals surface area contributed by atoms with Crippen LogP contribution in [0.25, 0.3) is 0 Å². The van der Waals surface area contributed by atoms with Crippen LogP contribution in [0.5, 0.6) is 0 Å². The third-order valence-corrected chi connectivity index (χ3v) is 4.12. The van der Waals surface area contributed by atoms with E-state index in [1.165, 1.54) is 18.7 Å². The van der Waals surface area contributed by atoms with Gasteiger partial charge in [0, 0.05) is 25.1 Å². The van der Waals surface area contributed by atoms with Gasteiger partial charge in [-0.2, -0.15) is 0 Å². The normalized spacial score (nSPS) is 19.4. The summed E-state index contributed by atoms with van der Waals surface area (Å²) in [6.45, 7) is 4.03. The van der Waals surface area contributed by atoms with Gasteiger partial charge in [0.1, 0.15) is 0 Å². The highest BCUT2D eigenvalue weighted by atomic mass is 35.5. The van der Waals surface area contributed by atoms with Gasteiger partial charge in [0.25, 0.3) is 0 Å². The van der Waals surface area contributed by atoms with E-state index in [2.05, 4.69) is 0 Å². The first-order chi connectivity index (χ1) is 8.47. The minimum Gasteiger partial charge on any atom is -0.310 e. The summed E-state index contributed by atoms with van der Waals surface area (Å²) in [4.78, 5) is 24.7. The van der Waals surface area contributed by atoms with Gasteiger partial charge in [-0.25, -0.2) is 0 Å². The Morgan fingerprint density at radius 1 is 1.50 bits per heavy atom. The van der Waals surface area contributed by atoms with Crippen molar-refractivity contribution in [3.63, 3.8) is 0 Å². The van der Waals surface area contributed by atoms with E-state index in [4.69, 9.17) is 11.6 Å². The molecule has 2 rings (SSSR count). The van der Waals surface area contributed by atoms with Crippen molar-refractivity contribution in [1.29, 1.82) is 0 Å². The van der Waals surface area contributed by atoms with Gasteiger partial charge in [-0.15, -0.1) is 0 Å². The fourth-order valence-electron chi connectivity index (χ4n) is 2.05. The highest BCUT2D eigenvalue weighted by Gasteiger charge is 2.32. The van der Waals surface area contributed by atoms with E-state index in [0.29, 0.717) is 18.0 Å². The molecule has 96 valence electrons. The molecule has 1 aromatic carbocycles. The number of benzene rings is 1. The van der Waals surface area contributed by atoms with E-state index in [1.807, 2.05) is 19.1 Å². The number of rotatable bonds is 2. The second-order valence-corrected chi connectivity index (χ2v) is 6.28. The Morgan fingerprint density at radius 2 is 2.22 bits per heavy atom. The SMILES string of the molecule is CC(=O)SC1CC(=O)N(c2cc(C)ccc2Cl)C1. The molecule has 1 fully saturated rings. The molecular weight excluding hydrogens is 270 g/mol. The highest BCUT2D eigenvalue weighted by Crippen LogP contribution is 2.33. The monoisotopic (exact) mass is 283 g/mol. The van der Waals surface area contributed by atoms with Crippen molar-refractivity contribution in [2.45, 2.75) is 25.5 Å². The summed E-state index contributed by atoms with van der Waals surface area (Å²) < 4.78 is 0. The number of carbonyl (C=O) groups excluding carboxylic acids is 2. The zero-order chi connectivity index (χ0) is 13.3. The Kier molecular flexibility index (Phi) is 3.97. The zero-order valence-corrected chi connectivity index (χ0v) is 11.8. The lowest BCUT2D eigenvalue weighted by Gasteiger charge is -2.18. The zero-order valence-electron chi connectivity index (χ0n) is 10.3. The maximum Gasteiger partial charge on any atom is 0.228 e. The molecule has 1 saturated heterocycles. The fourth-order valence-corrected chi connectivity index (χ4v) is 3.19. The number of thioether (sulfide) groups is 1. The molecular formula is C13H14ClNO2S. The van der Waals surface area contributed by atoms with Gasteiger partial charge < -0.3 is 4.90 Å². The highest BCUT2D eigenvalue weighted by molar-refractivity contribution is 8.14. The van der Waals surface area contributed by atoms with E-state index in [-0.39, 0.29) is 16.3 Å². The molecule has 18 heavy (non-hydrogen) atoms. The first-order valence-electron chi connectivity index (χ1n) is 5.71. The van der Waals surface area contributed by atoms with Crippen molar-refractivity contribution in [2.75, 3.05) is 11.4 Å². The molecule has 1 amide bonds. The van der Waals surface area contributed by atoms with E-state index in [1.54, 1.807) is 11.0 Å². The Morgan fingerprint density at radius 3 is 2.89 bits per heavy atom. The first-order valence-corrected chi connectivity index (χ1v) is 6.97. The van der Waals surface area contributed by atoms with Crippen LogP contribution in [0.3, 0.4) is 0 Å². The molecule has 5 heteroatoms. The Labute approximate surface area is 115 Å². The second kappa shape index (κ2) is 5.33. The Bertz CT molecular complexity index is 504. The Balaban J connectivity index is 2.21. The number of hydrogen-bond acceptors (Lipinski definition) is 3. The summed E-state index contributed by atoms with van der Waals surface area (Å²) in [5, 5.41) is 0.652. The van der Waals surface area contributed by atoms with E-state index in [9.17, 15) is 9.59 Å². The number of carbonyl (C=O) groups is 2. The largest absolute Gasteiger partial charge is 0.310 e. The van der Waals surface area contributed by atoms with Gasteiger partial charge >= 0.3 is 0 Å². The van der Waals surface area contributed by atoms with Crippen LogP contribution in [-0.4, -0.2) is 22.8 Å². The summed E-state index contributed by atoms with van der Waals surface area (Å²) >= 11 is 7.36. The quantitative estimate of drug-likeness (QED) is 0.837. The third-order valence-electron chi connectivity index (χ3n) is 2.81. The van der Waals surface area contributed by atoms with Gasteiger partial charge in [0.15, 0.2) is 5.12 Å². The number of hydrogen-bond donors (Lipinski definition) is 0. The summed E-state index contributed by atoms with van der Waals surface area (Å²) in [6, 6.07) is 5.61. The van der Waals surface area contributed by atoms with E-state index < -0.39 is 0 Å². The van der Waals surface area contributed by atoms with Crippen molar-refractivity contribution in [2.24, 2.45) is 0 Å². The second-order valence-electron chi connectivity index (χ2n) is 4.39. The van der Waals surface area contributed by atoms with Crippen LogP contribution < -0.4 is 4.90 Å². The lowest BCUT2D eigenvalue weighted by atomic mass is 10.2. The Hall–Kier alpha value is -1.00. The van der Waals surface area contributed by atoms with Crippen molar-refractivity contribution < 1.29 is 9.59 Å². The number of nitrogens with zero attached hydrogens (tertiary/aromatic N) is 1. The fraction of sp³-hybridized carbons (Fsp3) is 0.385. The van der Waals surface area contributed by atoms with Crippen LogP contribution in [0.4, 0.5) is 5.69 Å². The van der Waals surface area contributed by atoms with Gasteiger partial charge in [-0.1, -0.05) is 29.4 Å². The summed E-state index contributed by atoms with van der Waals surface area (Å²) in [6.07, 6.45) is 0.397. The third kappa shape index (κ3) is 2.87. The molecule has 3 nitrogen and oxygen atoms in total. The molecule has 0 spiro atoms. The summed E-state index contributed by atoms with van der Waals surface area (Å²) in [5.74, 6) is 0.0289. The average Bonchev–Trinajstić information content (AvgIpc) is 2.62. The molecule has 1 aliphatic rings. The molecule has 0 radical (unpaired) electrons. The smallest absolute Gasteiger partial charge is 0.228 e. The minimum absolute atomic E-state index is 0.0289.